The third-order valence-electron chi connectivity index (χ3n) is 2.49. The second kappa shape index (κ2) is 7.58. The summed E-state index contributed by atoms with van der Waals surface area (Å²) in [5.41, 5.74) is 1.82. The first kappa shape index (κ1) is 15.2. The minimum absolute atomic E-state index is 0.0655. The van der Waals surface area contributed by atoms with E-state index in [0.717, 1.165) is 5.75 Å². The molecule has 0 atom stereocenters. The van der Waals surface area contributed by atoms with Crippen molar-refractivity contribution in [3.63, 3.8) is 0 Å². The summed E-state index contributed by atoms with van der Waals surface area (Å²) in [7, 11) is 0. The zero-order valence-electron chi connectivity index (χ0n) is 10.6. The smallest absolute Gasteiger partial charge is 0.234 e. The fourth-order valence-electron chi connectivity index (χ4n) is 1.66. The van der Waals surface area contributed by atoms with E-state index in [0.29, 0.717) is 21.5 Å². The number of carbonyl (C=O) groups excluding carboxylic acids is 1. The van der Waals surface area contributed by atoms with Crippen LogP contribution in [0.5, 0.6) is 0 Å². The molecule has 0 heterocycles. The van der Waals surface area contributed by atoms with Crippen molar-refractivity contribution in [2.45, 2.75) is 5.75 Å². The molecular weight excluding hydrogens is 313 g/mol. The minimum atomic E-state index is -0.0655. The van der Waals surface area contributed by atoms with Crippen LogP contribution < -0.4 is 5.32 Å². The van der Waals surface area contributed by atoms with Crippen molar-refractivity contribution < 1.29 is 4.79 Å². The Morgan fingerprint density at radius 2 is 1.70 bits per heavy atom. The number of amides is 1. The molecule has 2 rings (SSSR count). The Balaban J connectivity index is 1.81. The lowest BCUT2D eigenvalue weighted by Crippen LogP contribution is -2.14. The maximum Gasteiger partial charge on any atom is 0.234 e. The third kappa shape index (κ3) is 5.08. The fourth-order valence-corrected chi connectivity index (χ4v) is 2.97. The molecule has 2 nitrogen and oxygen atoms in total. The third-order valence-corrected chi connectivity index (χ3v) is 3.93. The average Bonchev–Trinajstić information content (AvgIpc) is 2.38. The molecule has 2 aromatic rings. The molecule has 5 heteroatoms. The molecule has 0 saturated carbocycles. The fraction of sp³-hybridized carbons (Fsp3) is 0.133. The summed E-state index contributed by atoms with van der Waals surface area (Å²) in [6.07, 6.45) is 0. The van der Waals surface area contributed by atoms with Gasteiger partial charge in [0.1, 0.15) is 0 Å². The lowest BCUT2D eigenvalue weighted by atomic mass is 10.2. The van der Waals surface area contributed by atoms with E-state index in [4.69, 9.17) is 23.2 Å². The van der Waals surface area contributed by atoms with Gasteiger partial charge in [0, 0.05) is 21.5 Å². The highest BCUT2D eigenvalue weighted by Crippen LogP contribution is 2.22. The summed E-state index contributed by atoms with van der Waals surface area (Å²) < 4.78 is 0. The Kier molecular flexibility index (Phi) is 5.77. The van der Waals surface area contributed by atoms with Crippen molar-refractivity contribution in [1.82, 2.24) is 0 Å². The highest BCUT2D eigenvalue weighted by Gasteiger charge is 2.04. The van der Waals surface area contributed by atoms with Crippen LogP contribution >= 0.6 is 35.0 Å². The quantitative estimate of drug-likeness (QED) is 0.850. The zero-order chi connectivity index (χ0) is 14.4. The lowest BCUT2D eigenvalue weighted by Gasteiger charge is -2.06. The van der Waals surface area contributed by atoms with Gasteiger partial charge >= 0.3 is 0 Å². The van der Waals surface area contributed by atoms with E-state index < -0.39 is 0 Å². The van der Waals surface area contributed by atoms with Gasteiger partial charge in [0.15, 0.2) is 0 Å². The number of carbonyl (C=O) groups is 1. The normalized spacial score (nSPS) is 10.3. The van der Waals surface area contributed by atoms with E-state index in [1.165, 1.54) is 5.56 Å². The molecule has 20 heavy (non-hydrogen) atoms. The van der Waals surface area contributed by atoms with Crippen molar-refractivity contribution in [2.75, 3.05) is 11.1 Å². The van der Waals surface area contributed by atoms with Gasteiger partial charge in [-0.05, 0) is 23.8 Å². The summed E-state index contributed by atoms with van der Waals surface area (Å²) in [5.74, 6) is 1.13. The number of thioether (sulfide) groups is 1. The van der Waals surface area contributed by atoms with Crippen LogP contribution in [0.2, 0.25) is 10.0 Å². The number of benzene rings is 2. The van der Waals surface area contributed by atoms with Crippen molar-refractivity contribution in [3.05, 3.63) is 64.1 Å². The summed E-state index contributed by atoms with van der Waals surface area (Å²) in [6, 6.07) is 15.0. The number of hydrogen-bond acceptors (Lipinski definition) is 2. The van der Waals surface area contributed by atoms with Crippen LogP contribution in [-0.2, 0) is 10.5 Å². The Hall–Kier alpha value is -1.16. The molecule has 2 aromatic carbocycles. The highest BCUT2D eigenvalue weighted by atomic mass is 35.5. The van der Waals surface area contributed by atoms with Gasteiger partial charge in [0.05, 0.1) is 5.75 Å². The predicted molar refractivity (Wildman–Crippen MR) is 87.7 cm³/mol. The van der Waals surface area contributed by atoms with Gasteiger partial charge in [-0.1, -0.05) is 53.5 Å². The molecule has 1 N–H and O–H groups in total. The van der Waals surface area contributed by atoms with Crippen molar-refractivity contribution in [3.8, 4) is 0 Å². The highest BCUT2D eigenvalue weighted by molar-refractivity contribution is 7.99. The summed E-state index contributed by atoms with van der Waals surface area (Å²) in [5, 5.41) is 3.79. The second-order valence-corrected chi connectivity index (χ2v) is 6.04. The Morgan fingerprint density at radius 1 is 1.05 bits per heavy atom. The van der Waals surface area contributed by atoms with Crippen LogP contribution in [0, 0.1) is 0 Å². The Morgan fingerprint density at radius 3 is 2.35 bits per heavy atom. The maximum absolute atomic E-state index is 11.8. The summed E-state index contributed by atoms with van der Waals surface area (Å²) in [4.78, 5) is 11.8. The van der Waals surface area contributed by atoms with E-state index in [9.17, 15) is 4.79 Å². The molecule has 0 aliphatic rings. The van der Waals surface area contributed by atoms with Crippen molar-refractivity contribution in [1.29, 1.82) is 0 Å². The molecule has 0 aliphatic carbocycles. The molecule has 0 spiro atoms. The Bertz CT molecular complexity index is 569. The van der Waals surface area contributed by atoms with E-state index in [-0.39, 0.29) is 5.91 Å². The molecule has 0 aromatic heterocycles. The standard InChI is InChI=1S/C15H13Cl2NOS/c16-12-6-13(17)8-14(7-12)18-15(19)10-20-9-11-4-2-1-3-5-11/h1-8H,9-10H2,(H,18,19). The Labute approximate surface area is 132 Å². The van der Waals surface area contributed by atoms with Crippen LogP contribution in [0.4, 0.5) is 5.69 Å². The SMILES string of the molecule is O=C(CSCc1ccccc1)Nc1cc(Cl)cc(Cl)c1. The minimum Gasteiger partial charge on any atom is -0.325 e. The van der Waals surface area contributed by atoms with Crippen LogP contribution in [-0.4, -0.2) is 11.7 Å². The monoisotopic (exact) mass is 325 g/mol. The van der Waals surface area contributed by atoms with Crippen LogP contribution in [0.25, 0.3) is 0 Å². The summed E-state index contributed by atoms with van der Waals surface area (Å²) >= 11 is 13.3. The molecule has 104 valence electrons. The van der Waals surface area contributed by atoms with Crippen LogP contribution in [0.15, 0.2) is 48.5 Å². The average molecular weight is 326 g/mol. The molecule has 0 unspecified atom stereocenters. The summed E-state index contributed by atoms with van der Waals surface area (Å²) in [6.45, 7) is 0. The second-order valence-electron chi connectivity index (χ2n) is 4.18. The predicted octanol–water partition coefficient (Wildman–Crippen LogP) is 4.87. The van der Waals surface area contributed by atoms with Crippen LogP contribution in [0.1, 0.15) is 5.56 Å². The molecule has 0 saturated heterocycles. The largest absolute Gasteiger partial charge is 0.325 e. The first-order chi connectivity index (χ1) is 9.63. The molecule has 0 fully saturated rings. The zero-order valence-corrected chi connectivity index (χ0v) is 12.9. The van der Waals surface area contributed by atoms with Gasteiger partial charge in [-0.2, -0.15) is 0 Å². The van der Waals surface area contributed by atoms with E-state index in [1.807, 2.05) is 30.3 Å². The van der Waals surface area contributed by atoms with E-state index >= 15 is 0 Å². The molecule has 0 aliphatic heterocycles. The van der Waals surface area contributed by atoms with Gasteiger partial charge in [-0.15, -0.1) is 11.8 Å². The first-order valence-corrected chi connectivity index (χ1v) is 7.92. The van der Waals surface area contributed by atoms with Gasteiger partial charge < -0.3 is 5.32 Å². The molecular formula is C15H13Cl2NOS. The number of rotatable bonds is 5. The number of anilines is 1. The van der Waals surface area contributed by atoms with Gasteiger partial charge in [0.25, 0.3) is 0 Å². The molecule has 0 radical (unpaired) electrons. The maximum atomic E-state index is 11.8. The lowest BCUT2D eigenvalue weighted by molar-refractivity contribution is -0.113. The van der Waals surface area contributed by atoms with Gasteiger partial charge in [-0.25, -0.2) is 0 Å². The molecule has 0 bridgehead atoms. The molecule has 1 amide bonds. The topological polar surface area (TPSA) is 29.1 Å². The van der Waals surface area contributed by atoms with E-state index in [1.54, 1.807) is 30.0 Å². The van der Waals surface area contributed by atoms with Gasteiger partial charge in [0.2, 0.25) is 5.91 Å². The number of nitrogens with one attached hydrogen (secondary N) is 1. The van der Waals surface area contributed by atoms with Crippen molar-refractivity contribution in [2.24, 2.45) is 0 Å². The van der Waals surface area contributed by atoms with Crippen LogP contribution in [0.3, 0.4) is 0 Å². The first-order valence-electron chi connectivity index (χ1n) is 6.01. The van der Waals surface area contributed by atoms with Gasteiger partial charge in [-0.3, -0.25) is 4.79 Å². The van der Waals surface area contributed by atoms with E-state index in [2.05, 4.69) is 5.32 Å². The van der Waals surface area contributed by atoms with Crippen molar-refractivity contribution >= 4 is 46.6 Å². The number of halogens is 2. The number of hydrogen-bond donors (Lipinski definition) is 1.